The van der Waals surface area contributed by atoms with Gasteiger partial charge in [0, 0.05) is 36.6 Å². The van der Waals surface area contributed by atoms with Crippen molar-refractivity contribution in [2.45, 2.75) is 26.8 Å². The summed E-state index contributed by atoms with van der Waals surface area (Å²) < 4.78 is 7.80. The topological polar surface area (TPSA) is 46.8 Å². The van der Waals surface area contributed by atoms with E-state index in [2.05, 4.69) is 11.1 Å². The van der Waals surface area contributed by atoms with Crippen molar-refractivity contribution in [2.24, 2.45) is 4.99 Å². The van der Waals surface area contributed by atoms with Gasteiger partial charge < -0.3 is 9.84 Å². The smallest absolute Gasteiger partial charge is 0.210 e. The number of ether oxygens (including phenoxy) is 1. The Morgan fingerprint density at radius 1 is 1.38 bits per heavy atom. The molecule has 0 bridgehead atoms. The number of nitrogens with zero attached hydrogens (tertiary/aromatic N) is 2. The van der Waals surface area contributed by atoms with E-state index in [-0.39, 0.29) is 5.88 Å². The Hall–Kier alpha value is -1.76. The molecule has 0 atom stereocenters. The molecule has 4 nitrogen and oxygen atoms in total. The number of aromatic nitrogens is 1. The maximum absolute atomic E-state index is 10.5. The van der Waals surface area contributed by atoms with Crippen molar-refractivity contribution in [1.82, 2.24) is 4.57 Å². The molecule has 0 unspecified atom stereocenters. The summed E-state index contributed by atoms with van der Waals surface area (Å²) in [4.78, 5) is 5.36. The fraction of sp³-hybridized carbons (Fsp3) is 0.333. The lowest BCUT2D eigenvalue weighted by Gasteiger charge is -2.05. The third-order valence-corrected chi connectivity index (χ3v) is 5.30. The number of hydrogen-bond donors (Lipinski definition) is 1. The first-order valence-corrected chi connectivity index (χ1v) is 9.21. The first-order chi connectivity index (χ1) is 11.6. The van der Waals surface area contributed by atoms with Crippen LogP contribution in [0.25, 0.3) is 11.6 Å². The van der Waals surface area contributed by atoms with Crippen LogP contribution in [0.4, 0.5) is 5.69 Å². The Bertz CT molecular complexity index is 862. The zero-order valence-electron chi connectivity index (χ0n) is 13.8. The fourth-order valence-electron chi connectivity index (χ4n) is 2.72. The van der Waals surface area contributed by atoms with Gasteiger partial charge in [0.25, 0.3) is 0 Å². The van der Waals surface area contributed by atoms with Crippen molar-refractivity contribution >= 4 is 46.6 Å². The summed E-state index contributed by atoms with van der Waals surface area (Å²) in [6, 6.07) is 8.03. The number of fused-ring (bicyclic) bond motifs is 1. The molecule has 0 aliphatic carbocycles. The molecule has 1 aromatic heterocycles. The Morgan fingerprint density at radius 2 is 2.17 bits per heavy atom. The van der Waals surface area contributed by atoms with Crippen molar-refractivity contribution < 1.29 is 9.84 Å². The number of thiazole rings is 1. The highest BCUT2D eigenvalue weighted by Gasteiger charge is 2.19. The van der Waals surface area contributed by atoms with Crippen LogP contribution < -0.4 is 0 Å². The Morgan fingerprint density at radius 3 is 2.96 bits per heavy atom. The average Bonchev–Trinajstić information content (AvgIpc) is 3.02. The summed E-state index contributed by atoms with van der Waals surface area (Å²) >= 11 is 6.83. The summed E-state index contributed by atoms with van der Waals surface area (Å²) in [5.74, 6) is 0.228. The molecular weight excluding hydrogens is 340 g/mol. The average molecular weight is 361 g/mol. The molecule has 24 heavy (non-hydrogen) atoms. The van der Waals surface area contributed by atoms with Crippen molar-refractivity contribution in [3.05, 3.63) is 38.7 Å². The van der Waals surface area contributed by atoms with E-state index in [1.54, 1.807) is 4.57 Å². The lowest BCUT2D eigenvalue weighted by atomic mass is 10.0. The molecule has 0 amide bonds. The first-order valence-electron chi connectivity index (χ1n) is 7.99. The molecule has 126 valence electrons. The first kappa shape index (κ1) is 17.1. The maximum Gasteiger partial charge on any atom is 0.210 e. The van der Waals surface area contributed by atoms with Crippen LogP contribution >= 0.6 is 23.6 Å². The number of hydrogen-bond acceptors (Lipinski definition) is 5. The van der Waals surface area contributed by atoms with Gasteiger partial charge in [-0.2, -0.15) is 0 Å². The lowest BCUT2D eigenvalue weighted by molar-refractivity contribution is 0.141. The normalized spacial score (nSPS) is 14.9. The number of aromatic hydroxyl groups is 1. The number of rotatable bonds is 6. The van der Waals surface area contributed by atoms with E-state index < -0.39 is 0 Å². The third-order valence-electron chi connectivity index (χ3n) is 3.92. The predicted molar refractivity (Wildman–Crippen MR) is 103 cm³/mol. The molecule has 1 aliphatic rings. The van der Waals surface area contributed by atoms with Crippen LogP contribution in [-0.2, 0) is 11.3 Å². The molecule has 0 saturated carbocycles. The molecule has 1 aliphatic heterocycles. The van der Waals surface area contributed by atoms with Gasteiger partial charge in [0.15, 0.2) is 3.95 Å². The third kappa shape index (κ3) is 3.36. The van der Waals surface area contributed by atoms with Gasteiger partial charge in [0.2, 0.25) is 5.88 Å². The van der Waals surface area contributed by atoms with Crippen LogP contribution in [0, 0.1) is 3.95 Å². The van der Waals surface area contributed by atoms with E-state index in [1.165, 1.54) is 11.3 Å². The van der Waals surface area contributed by atoms with E-state index in [1.807, 2.05) is 38.1 Å². The highest BCUT2D eigenvalue weighted by atomic mass is 32.1. The largest absolute Gasteiger partial charge is 0.493 e. The van der Waals surface area contributed by atoms with E-state index >= 15 is 0 Å². The fourth-order valence-corrected chi connectivity index (χ4v) is 4.02. The van der Waals surface area contributed by atoms with Gasteiger partial charge in [-0.3, -0.25) is 9.56 Å². The van der Waals surface area contributed by atoms with Crippen LogP contribution in [-0.4, -0.2) is 28.6 Å². The predicted octanol–water partition coefficient (Wildman–Crippen LogP) is 5.06. The molecule has 2 heterocycles. The summed E-state index contributed by atoms with van der Waals surface area (Å²) in [5.41, 5.74) is 4.06. The zero-order chi connectivity index (χ0) is 17.1. The highest BCUT2D eigenvalue weighted by molar-refractivity contribution is 7.73. The molecule has 0 radical (unpaired) electrons. The monoisotopic (exact) mass is 360 g/mol. The number of para-hydroxylation sites is 1. The van der Waals surface area contributed by atoms with E-state index in [0.29, 0.717) is 23.7 Å². The number of allylic oxidation sites excluding steroid dienone is 1. The van der Waals surface area contributed by atoms with E-state index in [4.69, 9.17) is 17.0 Å². The van der Waals surface area contributed by atoms with Crippen molar-refractivity contribution in [2.75, 3.05) is 13.2 Å². The van der Waals surface area contributed by atoms with Gasteiger partial charge in [0.05, 0.1) is 10.6 Å². The van der Waals surface area contributed by atoms with Gasteiger partial charge in [-0.15, -0.1) is 11.3 Å². The molecule has 0 saturated heterocycles. The van der Waals surface area contributed by atoms with Crippen molar-refractivity contribution in [3.8, 4) is 5.88 Å². The number of aliphatic imine (C=N–C) groups is 1. The summed E-state index contributed by atoms with van der Waals surface area (Å²) in [5, 5.41) is 10.5. The number of benzene rings is 1. The molecule has 6 heteroatoms. The van der Waals surface area contributed by atoms with Crippen molar-refractivity contribution in [1.29, 1.82) is 0 Å². The van der Waals surface area contributed by atoms with Gasteiger partial charge in [-0.25, -0.2) is 0 Å². The molecule has 0 fully saturated rings. The van der Waals surface area contributed by atoms with E-state index in [0.717, 1.165) is 33.8 Å². The van der Waals surface area contributed by atoms with Crippen LogP contribution in [0.1, 0.15) is 30.7 Å². The minimum Gasteiger partial charge on any atom is -0.493 e. The Kier molecular flexibility index (Phi) is 5.28. The van der Waals surface area contributed by atoms with Crippen LogP contribution in [0.2, 0.25) is 0 Å². The Balaban J connectivity index is 1.89. The minimum absolute atomic E-state index is 0.228. The summed E-state index contributed by atoms with van der Waals surface area (Å²) in [7, 11) is 0. The molecule has 1 aromatic carbocycles. The second-order valence-electron chi connectivity index (χ2n) is 5.53. The SMILES string of the molecule is CCOCCCn1c(O)c(/C=C2/C(C)=Nc3ccccc32)sc1=S. The van der Waals surface area contributed by atoms with Gasteiger partial charge in [-0.05, 0) is 44.6 Å². The van der Waals surface area contributed by atoms with E-state index in [9.17, 15) is 5.11 Å². The minimum atomic E-state index is 0.228. The van der Waals surface area contributed by atoms with Crippen LogP contribution in [0.15, 0.2) is 29.3 Å². The van der Waals surface area contributed by atoms with Gasteiger partial charge >= 0.3 is 0 Å². The van der Waals surface area contributed by atoms with Gasteiger partial charge in [0.1, 0.15) is 0 Å². The molecule has 2 aromatic rings. The standard InChI is InChI=1S/C18H20N2O2S2/c1-3-22-10-6-9-20-17(21)16(24-18(20)23)11-14-12(2)19-15-8-5-4-7-13(14)15/h4-5,7-8,11,21H,3,6,9-10H2,1-2H3/b14-11-. The molecule has 1 N–H and O–H groups in total. The maximum atomic E-state index is 10.5. The molecular formula is C18H20N2O2S2. The van der Waals surface area contributed by atoms with Crippen LogP contribution in [0.5, 0.6) is 5.88 Å². The van der Waals surface area contributed by atoms with Crippen molar-refractivity contribution in [3.63, 3.8) is 0 Å². The zero-order valence-corrected chi connectivity index (χ0v) is 15.4. The highest BCUT2D eigenvalue weighted by Crippen LogP contribution is 2.38. The lowest BCUT2D eigenvalue weighted by Crippen LogP contribution is -2.02. The quantitative estimate of drug-likeness (QED) is 0.579. The second kappa shape index (κ2) is 7.42. The summed E-state index contributed by atoms with van der Waals surface area (Å²) in [6.07, 6.45) is 2.81. The summed E-state index contributed by atoms with van der Waals surface area (Å²) in [6.45, 7) is 6.00. The van der Waals surface area contributed by atoms with Crippen LogP contribution in [0.3, 0.4) is 0 Å². The second-order valence-corrected chi connectivity index (χ2v) is 7.21. The molecule has 0 spiro atoms. The Labute approximate surface area is 150 Å². The van der Waals surface area contributed by atoms with Gasteiger partial charge in [-0.1, -0.05) is 18.2 Å². The molecule has 3 rings (SSSR count).